The largest absolute Gasteiger partial charge is 0.744 e. The first-order chi connectivity index (χ1) is 34.3. The summed E-state index contributed by atoms with van der Waals surface area (Å²) in [5.41, 5.74) is 20.1. The summed E-state index contributed by atoms with van der Waals surface area (Å²) >= 11 is 0. The summed E-state index contributed by atoms with van der Waals surface area (Å²) in [7, 11) is -4.70. The van der Waals surface area contributed by atoms with Crippen molar-refractivity contribution in [2.24, 2.45) is 11.7 Å². The molecule has 380 valence electrons. The molecular formula is C59H71N5O7S. The van der Waals surface area contributed by atoms with Crippen molar-refractivity contribution in [3.8, 4) is 44.9 Å². The molecule has 0 atom stereocenters. The van der Waals surface area contributed by atoms with E-state index in [1.54, 1.807) is 49.4 Å². The molecule has 72 heavy (non-hydrogen) atoms. The Morgan fingerprint density at radius 1 is 0.722 bits per heavy atom. The van der Waals surface area contributed by atoms with Crippen molar-refractivity contribution in [3.05, 3.63) is 137 Å². The number of aromatic carboxylic acids is 1. The number of carboxylic acid groups (broad SMARTS) is 1. The molecule has 12 nitrogen and oxygen atoms in total. The van der Waals surface area contributed by atoms with Gasteiger partial charge in [0.25, 0.3) is 0 Å². The van der Waals surface area contributed by atoms with Gasteiger partial charge in [-0.25, -0.2) is 17.8 Å². The second-order valence-corrected chi connectivity index (χ2v) is 20.2. The number of rotatable bonds is 15. The Bertz CT molecular complexity index is 3360. The van der Waals surface area contributed by atoms with Crippen molar-refractivity contribution in [1.29, 1.82) is 5.41 Å². The second-order valence-electron chi connectivity index (χ2n) is 18.9. The van der Waals surface area contributed by atoms with Crippen LogP contribution in [0.1, 0.15) is 108 Å². The topological polar surface area (TPSA) is 203 Å². The van der Waals surface area contributed by atoms with E-state index in [1.807, 2.05) is 60.7 Å². The normalized spacial score (nSPS) is 11.5. The average Bonchev–Trinajstić information content (AvgIpc) is 3.34. The van der Waals surface area contributed by atoms with Crippen LogP contribution in [0.4, 0.5) is 11.4 Å². The van der Waals surface area contributed by atoms with E-state index in [-0.39, 0.29) is 16.4 Å². The maximum absolute atomic E-state index is 12.3. The summed E-state index contributed by atoms with van der Waals surface area (Å²) in [6, 6.07) is 32.9. The third kappa shape index (κ3) is 12.6. The van der Waals surface area contributed by atoms with Crippen LogP contribution in [0.15, 0.2) is 123 Å². The molecule has 0 saturated heterocycles. The van der Waals surface area contributed by atoms with Crippen molar-refractivity contribution < 1.29 is 31.7 Å². The molecule has 4 aromatic carbocycles. The lowest BCUT2D eigenvalue weighted by Crippen LogP contribution is -2.29. The zero-order chi connectivity index (χ0) is 52.4. The molecule has 0 bridgehead atoms. The highest BCUT2D eigenvalue weighted by atomic mass is 32.2. The number of anilines is 2. The van der Waals surface area contributed by atoms with Crippen LogP contribution in [0, 0.1) is 18.3 Å². The van der Waals surface area contributed by atoms with Gasteiger partial charge in [0.15, 0.2) is 0 Å². The fraction of sp³-hybridized carbons (Fsp3) is 0.339. The minimum atomic E-state index is -4.70. The number of hydrogen-bond donors (Lipinski definition) is 4. The summed E-state index contributed by atoms with van der Waals surface area (Å²) in [5.74, 6) is 1.29. The molecule has 4 aliphatic rings. The standard InChI is InChI=1S/C28H32N2O4S.C23H20N2O3.C8H19N/c1-6-29(7-2)20-11-14-22-25(17-20)34-26-18-21(30(8-3)9-4)12-15-23(26)28(22)24-13-10-19(5)16-27(24)35(31,32)33;1-12(2)13-3-6-16(23(26)27)19(9-13)22-17-7-4-14(24)10-20(17)28-21-11-15(25)5-8-18(21)22;1-8(2)6-4-3-5-7-9/h10-18H,6-9H2,1-5H3;3-12,24H,25H2,1-2H3,(H,26,27);8H,3-7,9H2,1-2H3. The van der Waals surface area contributed by atoms with Crippen LogP contribution >= 0.6 is 0 Å². The molecule has 4 aromatic rings. The quantitative estimate of drug-likeness (QED) is 0.0252. The van der Waals surface area contributed by atoms with E-state index in [1.165, 1.54) is 31.7 Å². The molecule has 0 unspecified atom stereocenters. The number of carboxylic acids is 1. The van der Waals surface area contributed by atoms with Crippen LogP contribution in [0.5, 0.6) is 0 Å². The van der Waals surface area contributed by atoms with Gasteiger partial charge in [-0.2, -0.15) is 0 Å². The lowest BCUT2D eigenvalue weighted by atomic mass is 9.88. The lowest BCUT2D eigenvalue weighted by Gasteiger charge is -2.23. The Kier molecular flexibility index (Phi) is 18.2. The van der Waals surface area contributed by atoms with Gasteiger partial charge in [0, 0.05) is 87.3 Å². The number of nitrogens with zero attached hydrogens (tertiary/aromatic N) is 2. The van der Waals surface area contributed by atoms with Crippen LogP contribution in [0.25, 0.3) is 66.8 Å². The third-order valence-electron chi connectivity index (χ3n) is 13.1. The molecule has 0 fully saturated rings. The molecule has 0 saturated carbocycles. The Hall–Kier alpha value is -6.80. The molecule has 0 amide bonds. The molecule has 0 spiro atoms. The van der Waals surface area contributed by atoms with Crippen molar-refractivity contribution in [1.82, 2.24) is 4.58 Å². The van der Waals surface area contributed by atoms with Crippen LogP contribution < -0.4 is 31.7 Å². The van der Waals surface area contributed by atoms with Gasteiger partial charge < -0.3 is 40.3 Å². The van der Waals surface area contributed by atoms with Crippen molar-refractivity contribution in [3.63, 3.8) is 0 Å². The molecule has 8 rings (SSSR count). The van der Waals surface area contributed by atoms with Gasteiger partial charge >= 0.3 is 5.97 Å². The Labute approximate surface area is 424 Å². The first-order valence-electron chi connectivity index (χ1n) is 25.1. The number of nitrogens with one attached hydrogen (secondary N) is 1. The lowest BCUT2D eigenvalue weighted by molar-refractivity contribution is 0.0697. The first-order valence-corrected chi connectivity index (χ1v) is 26.5. The van der Waals surface area contributed by atoms with Crippen LogP contribution in [0.2, 0.25) is 0 Å². The fourth-order valence-corrected chi connectivity index (χ4v) is 9.93. The van der Waals surface area contributed by atoms with E-state index in [2.05, 4.69) is 64.9 Å². The van der Waals surface area contributed by atoms with E-state index in [0.717, 1.165) is 82.7 Å². The molecular weight excluding hydrogens is 923 g/mol. The number of benzene rings is 6. The van der Waals surface area contributed by atoms with Gasteiger partial charge in [-0.3, -0.25) is 0 Å². The Balaban J connectivity index is 0.000000204. The molecule has 6 N–H and O–H groups in total. The minimum absolute atomic E-state index is 0.216. The first kappa shape index (κ1) is 54.5. The fourth-order valence-electron chi connectivity index (χ4n) is 9.16. The minimum Gasteiger partial charge on any atom is -0.744 e. The smallest absolute Gasteiger partial charge is 0.336 e. The molecule has 0 aromatic heterocycles. The van der Waals surface area contributed by atoms with Gasteiger partial charge in [-0.05, 0) is 137 Å². The second kappa shape index (κ2) is 24.1. The highest BCUT2D eigenvalue weighted by molar-refractivity contribution is 7.85. The summed E-state index contributed by atoms with van der Waals surface area (Å²) in [6.07, 6.45) is 5.23. The van der Waals surface area contributed by atoms with E-state index < -0.39 is 16.1 Å². The van der Waals surface area contributed by atoms with Crippen LogP contribution in [-0.2, 0) is 10.1 Å². The monoisotopic (exact) mass is 994 g/mol. The van der Waals surface area contributed by atoms with Crippen LogP contribution in [-0.4, -0.2) is 56.8 Å². The molecule has 2 aliphatic carbocycles. The third-order valence-corrected chi connectivity index (χ3v) is 13.9. The van der Waals surface area contributed by atoms with Gasteiger partial charge in [0.2, 0.25) is 5.36 Å². The van der Waals surface area contributed by atoms with Crippen molar-refractivity contribution in [2.45, 2.75) is 98.8 Å². The van der Waals surface area contributed by atoms with Crippen molar-refractivity contribution in [2.75, 3.05) is 43.4 Å². The van der Waals surface area contributed by atoms with E-state index >= 15 is 0 Å². The SMILES string of the molecule is CC(C)CCCCCN.CC(C)c1ccc(C(=O)O)c(-c2c3ccc(=N)cc-3oc3cc(N)ccc23)c1.CCN(CC)c1ccc2c(-c3ccc(C)cc3S(=O)(=O)[O-])c3ccc(=[N+](CC)CC)cc-3oc2c1. The number of aryl methyl sites for hydroxylation is 1. The molecule has 0 radical (unpaired) electrons. The maximum atomic E-state index is 12.3. The molecule has 13 heteroatoms. The highest BCUT2D eigenvalue weighted by Gasteiger charge is 2.24. The number of fused-ring (bicyclic) bond motifs is 4. The van der Waals surface area contributed by atoms with Gasteiger partial charge in [-0.1, -0.05) is 65.2 Å². The Morgan fingerprint density at radius 2 is 1.33 bits per heavy atom. The summed E-state index contributed by atoms with van der Waals surface area (Å²) in [4.78, 5) is 14.0. The zero-order valence-corrected chi connectivity index (χ0v) is 44.1. The van der Waals surface area contributed by atoms with Gasteiger partial charge in [0.05, 0.1) is 21.9 Å². The summed E-state index contributed by atoms with van der Waals surface area (Å²) < 4.78 is 51.6. The summed E-state index contributed by atoms with van der Waals surface area (Å²) in [5, 5.41) is 20.6. The highest BCUT2D eigenvalue weighted by Crippen LogP contribution is 2.44. The molecule has 2 aliphatic heterocycles. The number of nitrogens with two attached hydrogens (primary N) is 2. The Morgan fingerprint density at radius 3 is 1.93 bits per heavy atom. The van der Waals surface area contributed by atoms with E-state index in [4.69, 9.17) is 25.7 Å². The van der Waals surface area contributed by atoms with Gasteiger partial charge in [-0.15, -0.1) is 0 Å². The van der Waals surface area contributed by atoms with Gasteiger partial charge in [0.1, 0.15) is 45.9 Å². The van der Waals surface area contributed by atoms with E-state index in [0.29, 0.717) is 56.0 Å². The van der Waals surface area contributed by atoms with Crippen molar-refractivity contribution >= 4 is 49.4 Å². The number of unbranched alkanes of at least 4 members (excludes halogenated alkanes) is 2. The number of nitrogen functional groups attached to an aromatic ring is 1. The average molecular weight is 994 g/mol. The predicted octanol–water partition coefficient (Wildman–Crippen LogP) is 12.3. The summed E-state index contributed by atoms with van der Waals surface area (Å²) in [6.45, 7) is 23.1. The predicted molar refractivity (Wildman–Crippen MR) is 293 cm³/mol. The number of carbonyl (C=O) groups is 1. The van der Waals surface area contributed by atoms with Crippen LogP contribution in [0.3, 0.4) is 0 Å². The molecule has 2 heterocycles. The number of hydrogen-bond acceptors (Lipinski definition) is 10. The zero-order valence-electron chi connectivity index (χ0n) is 43.3. The van der Waals surface area contributed by atoms with E-state index in [9.17, 15) is 22.9 Å². The maximum Gasteiger partial charge on any atom is 0.336 e.